The van der Waals surface area contributed by atoms with Crippen molar-refractivity contribution in [2.24, 2.45) is 0 Å². The van der Waals surface area contributed by atoms with Crippen molar-refractivity contribution in [2.75, 3.05) is 42.5 Å². The average Bonchev–Trinajstić information content (AvgIpc) is 2.65. The highest BCUT2D eigenvalue weighted by Crippen LogP contribution is 2.35. The molecule has 1 heterocycles. The molecule has 0 saturated carbocycles. The lowest BCUT2D eigenvalue weighted by molar-refractivity contribution is -0.384. The van der Waals surface area contributed by atoms with E-state index in [1.807, 2.05) is 4.90 Å². The van der Waals surface area contributed by atoms with Crippen LogP contribution in [0.1, 0.15) is 48.5 Å². The van der Waals surface area contributed by atoms with Gasteiger partial charge in [0.05, 0.1) is 4.92 Å². The number of imide groups is 1. The highest BCUT2D eigenvalue weighted by atomic mass is 16.6. The molecule has 0 spiro atoms. The topological polar surface area (TPSA) is 105 Å². The standard InChI is InChI=1S/C22H34N4O6/c1-8-23-11-13-24(14-12-23)16-9-10-17(18(15-16)26(29)30)25(19(27)31-21(2,3)4)20(28)32-22(5,6)7/h9-10,15H,8,11-14H2,1-7H3. The van der Waals surface area contributed by atoms with Gasteiger partial charge in [0.2, 0.25) is 0 Å². The third-order valence-corrected chi connectivity index (χ3v) is 4.73. The molecule has 0 unspecified atom stereocenters. The molecule has 10 heteroatoms. The number of ether oxygens (including phenoxy) is 2. The molecule has 1 aliphatic rings. The van der Waals surface area contributed by atoms with Crippen LogP contribution in [-0.2, 0) is 9.47 Å². The number of anilines is 2. The van der Waals surface area contributed by atoms with Crippen molar-refractivity contribution in [3.63, 3.8) is 0 Å². The summed E-state index contributed by atoms with van der Waals surface area (Å²) in [7, 11) is 0. The van der Waals surface area contributed by atoms with Gasteiger partial charge in [-0.25, -0.2) is 9.59 Å². The summed E-state index contributed by atoms with van der Waals surface area (Å²) in [6.45, 7) is 16.1. The lowest BCUT2D eigenvalue weighted by Crippen LogP contribution is -2.46. The van der Waals surface area contributed by atoms with E-state index in [9.17, 15) is 19.7 Å². The van der Waals surface area contributed by atoms with Gasteiger partial charge < -0.3 is 19.3 Å². The van der Waals surface area contributed by atoms with E-state index in [2.05, 4.69) is 11.8 Å². The summed E-state index contributed by atoms with van der Waals surface area (Å²) < 4.78 is 10.7. The molecule has 1 saturated heterocycles. The Morgan fingerprint density at radius 2 is 1.50 bits per heavy atom. The molecule has 0 atom stereocenters. The van der Waals surface area contributed by atoms with Crippen LogP contribution in [0.3, 0.4) is 0 Å². The van der Waals surface area contributed by atoms with Crippen LogP contribution in [0, 0.1) is 10.1 Å². The molecule has 10 nitrogen and oxygen atoms in total. The predicted octanol–water partition coefficient (Wildman–Crippen LogP) is 4.41. The summed E-state index contributed by atoms with van der Waals surface area (Å²) in [5.41, 5.74) is -1.74. The van der Waals surface area contributed by atoms with Gasteiger partial charge in [-0.05, 0) is 60.2 Å². The largest absolute Gasteiger partial charge is 0.443 e. The quantitative estimate of drug-likeness (QED) is 0.490. The Balaban J connectivity index is 2.46. The number of nitrogens with zero attached hydrogens (tertiary/aromatic N) is 4. The van der Waals surface area contributed by atoms with Crippen molar-refractivity contribution < 1.29 is 24.0 Å². The first-order chi connectivity index (χ1) is 14.7. The Labute approximate surface area is 189 Å². The van der Waals surface area contributed by atoms with Crippen molar-refractivity contribution in [2.45, 2.75) is 59.7 Å². The first-order valence-corrected chi connectivity index (χ1v) is 10.7. The van der Waals surface area contributed by atoms with Crippen LogP contribution >= 0.6 is 0 Å². The van der Waals surface area contributed by atoms with E-state index in [1.165, 1.54) is 12.1 Å². The van der Waals surface area contributed by atoms with Gasteiger partial charge in [-0.15, -0.1) is 0 Å². The molecule has 1 aromatic rings. The van der Waals surface area contributed by atoms with Gasteiger partial charge in [0.15, 0.2) is 0 Å². The fourth-order valence-electron chi connectivity index (χ4n) is 3.25. The molecule has 0 bridgehead atoms. The molecule has 32 heavy (non-hydrogen) atoms. The number of amides is 2. The second-order valence-corrected chi connectivity index (χ2v) is 9.65. The maximum absolute atomic E-state index is 12.9. The highest BCUT2D eigenvalue weighted by Gasteiger charge is 2.37. The molecule has 1 aliphatic heterocycles. The van der Waals surface area contributed by atoms with Crippen molar-refractivity contribution in [1.82, 2.24) is 4.90 Å². The second kappa shape index (κ2) is 9.72. The molecule has 2 rings (SSSR count). The number of hydrogen-bond acceptors (Lipinski definition) is 8. The number of carbonyl (C=O) groups excluding carboxylic acids is 2. The van der Waals surface area contributed by atoms with Crippen LogP contribution in [-0.4, -0.2) is 65.9 Å². The van der Waals surface area contributed by atoms with Gasteiger partial charge in [0.25, 0.3) is 5.69 Å². The SMILES string of the molecule is CCN1CCN(c2ccc(N(C(=O)OC(C)(C)C)C(=O)OC(C)(C)C)c([N+](=O)[O-])c2)CC1. The van der Waals surface area contributed by atoms with Crippen molar-refractivity contribution in [1.29, 1.82) is 0 Å². The predicted molar refractivity (Wildman–Crippen MR) is 122 cm³/mol. The number of hydrogen-bond donors (Lipinski definition) is 0. The fraction of sp³-hybridized carbons (Fsp3) is 0.636. The lowest BCUT2D eigenvalue weighted by atomic mass is 10.2. The van der Waals surface area contributed by atoms with Gasteiger partial charge in [-0.3, -0.25) is 10.1 Å². The van der Waals surface area contributed by atoms with E-state index in [0.29, 0.717) is 10.6 Å². The Morgan fingerprint density at radius 1 is 1.00 bits per heavy atom. The van der Waals surface area contributed by atoms with Gasteiger partial charge in [-0.2, -0.15) is 4.90 Å². The fourth-order valence-corrected chi connectivity index (χ4v) is 3.25. The van der Waals surface area contributed by atoms with Crippen molar-refractivity contribution in [3.05, 3.63) is 28.3 Å². The Kier molecular flexibility index (Phi) is 7.71. The van der Waals surface area contributed by atoms with Crippen LogP contribution < -0.4 is 9.80 Å². The van der Waals surface area contributed by atoms with Gasteiger partial charge in [0.1, 0.15) is 16.9 Å². The zero-order valence-corrected chi connectivity index (χ0v) is 20.0. The van der Waals surface area contributed by atoms with Gasteiger partial charge in [0, 0.05) is 37.9 Å². The van der Waals surface area contributed by atoms with E-state index in [0.717, 1.165) is 32.7 Å². The number of rotatable bonds is 4. The number of nitro benzene ring substituents is 1. The van der Waals surface area contributed by atoms with Gasteiger partial charge >= 0.3 is 12.2 Å². The summed E-state index contributed by atoms with van der Waals surface area (Å²) in [4.78, 5) is 42.0. The smallest absolute Gasteiger partial charge is 0.424 e. The lowest BCUT2D eigenvalue weighted by Gasteiger charge is -2.35. The van der Waals surface area contributed by atoms with Crippen molar-refractivity contribution in [3.8, 4) is 0 Å². The second-order valence-electron chi connectivity index (χ2n) is 9.65. The van der Waals surface area contributed by atoms with Crippen LogP contribution in [0.4, 0.5) is 26.7 Å². The zero-order valence-electron chi connectivity index (χ0n) is 20.0. The molecule has 0 radical (unpaired) electrons. The first kappa shape index (κ1) is 25.4. The first-order valence-electron chi connectivity index (χ1n) is 10.7. The van der Waals surface area contributed by atoms with E-state index in [-0.39, 0.29) is 11.4 Å². The minimum Gasteiger partial charge on any atom is -0.443 e. The number of nitro groups is 1. The molecule has 0 aromatic heterocycles. The monoisotopic (exact) mass is 450 g/mol. The van der Waals surface area contributed by atoms with E-state index in [4.69, 9.17) is 9.47 Å². The molecule has 1 aromatic carbocycles. The van der Waals surface area contributed by atoms with Crippen molar-refractivity contribution >= 4 is 29.2 Å². The summed E-state index contributed by atoms with van der Waals surface area (Å²) in [5.74, 6) is 0. The molecule has 178 valence electrons. The zero-order chi connectivity index (χ0) is 24.3. The maximum Gasteiger partial charge on any atom is 0.424 e. The summed E-state index contributed by atoms with van der Waals surface area (Å²) in [5, 5.41) is 11.9. The third kappa shape index (κ3) is 6.81. The van der Waals surface area contributed by atoms with Crippen LogP contribution in [0.5, 0.6) is 0 Å². The Morgan fingerprint density at radius 3 is 1.91 bits per heavy atom. The van der Waals surface area contributed by atoms with Crippen LogP contribution in [0.2, 0.25) is 0 Å². The normalized spacial score (nSPS) is 15.3. The number of benzene rings is 1. The summed E-state index contributed by atoms with van der Waals surface area (Å²) in [6.07, 6.45) is -2.08. The minimum absolute atomic E-state index is 0.200. The number of piperazine rings is 1. The van der Waals surface area contributed by atoms with E-state index in [1.54, 1.807) is 47.6 Å². The van der Waals surface area contributed by atoms with E-state index < -0.39 is 28.3 Å². The minimum atomic E-state index is -1.04. The van der Waals surface area contributed by atoms with E-state index >= 15 is 0 Å². The van der Waals surface area contributed by atoms with Crippen LogP contribution in [0.15, 0.2) is 18.2 Å². The Bertz CT molecular complexity index is 823. The maximum atomic E-state index is 12.9. The summed E-state index contributed by atoms with van der Waals surface area (Å²) >= 11 is 0. The molecular weight excluding hydrogens is 416 g/mol. The summed E-state index contributed by atoms with van der Waals surface area (Å²) in [6, 6.07) is 4.46. The highest BCUT2D eigenvalue weighted by molar-refractivity contribution is 6.11. The average molecular weight is 451 g/mol. The molecule has 0 aliphatic carbocycles. The molecular formula is C22H34N4O6. The molecule has 2 amide bonds. The molecule has 1 fully saturated rings. The third-order valence-electron chi connectivity index (χ3n) is 4.73. The number of likely N-dealkylation sites (N-methyl/N-ethyl adjacent to an activating group) is 1. The van der Waals surface area contributed by atoms with Crippen LogP contribution in [0.25, 0.3) is 0 Å². The van der Waals surface area contributed by atoms with Gasteiger partial charge in [-0.1, -0.05) is 6.92 Å². The molecule has 0 N–H and O–H groups in total. The Hall–Kier alpha value is -2.88. The number of carbonyl (C=O) groups is 2.